The highest BCUT2D eigenvalue weighted by Crippen LogP contribution is 2.30. The molecule has 1 N–H and O–H groups in total. The van der Waals surface area contributed by atoms with Crippen molar-refractivity contribution < 1.29 is 8.42 Å². The Balaban J connectivity index is 1.77. The maximum atomic E-state index is 12.5. The maximum Gasteiger partial charge on any atom is 0.244 e. The number of nitrogens with zero attached hydrogens (tertiary/aromatic N) is 3. The van der Waals surface area contributed by atoms with Gasteiger partial charge in [0.15, 0.2) is 0 Å². The zero-order chi connectivity index (χ0) is 15.6. The third-order valence-corrected chi connectivity index (χ3v) is 5.55. The van der Waals surface area contributed by atoms with Gasteiger partial charge in [-0.05, 0) is 31.4 Å². The Hall–Kier alpha value is -1.73. The molecule has 0 saturated heterocycles. The van der Waals surface area contributed by atoms with E-state index in [2.05, 4.69) is 14.8 Å². The quantitative estimate of drug-likeness (QED) is 0.916. The zero-order valence-corrected chi connectivity index (χ0v) is 13.4. The summed E-state index contributed by atoms with van der Waals surface area (Å²) < 4.78 is 29.4. The summed E-state index contributed by atoms with van der Waals surface area (Å²) in [6.45, 7) is 1.97. The molecule has 1 saturated carbocycles. The maximum absolute atomic E-state index is 12.5. The molecule has 0 atom stereocenters. The van der Waals surface area contributed by atoms with Gasteiger partial charge in [0.25, 0.3) is 0 Å². The second-order valence-corrected chi connectivity index (χ2v) is 7.42. The number of hydrogen-bond acceptors (Lipinski definition) is 4. The first kappa shape index (κ1) is 15.2. The molecule has 2 aromatic heterocycles. The van der Waals surface area contributed by atoms with Crippen LogP contribution in [0.4, 0.5) is 0 Å². The molecule has 118 valence electrons. The summed E-state index contributed by atoms with van der Waals surface area (Å²) in [5.41, 5.74) is 1.37. The molecule has 2 aromatic rings. The fraction of sp³-hybridized carbons (Fsp3) is 0.467. The molecule has 3 rings (SSSR count). The van der Waals surface area contributed by atoms with Crippen LogP contribution < -0.4 is 4.72 Å². The fourth-order valence-corrected chi connectivity index (χ4v) is 4.03. The molecule has 0 aliphatic heterocycles. The normalized spacial score (nSPS) is 16.2. The molecular formula is C15H20N4O2S. The Morgan fingerprint density at radius 1 is 1.36 bits per heavy atom. The van der Waals surface area contributed by atoms with E-state index in [-0.39, 0.29) is 11.4 Å². The van der Waals surface area contributed by atoms with Gasteiger partial charge >= 0.3 is 0 Å². The van der Waals surface area contributed by atoms with Crippen LogP contribution in [0, 0.1) is 6.92 Å². The van der Waals surface area contributed by atoms with Gasteiger partial charge in [-0.1, -0.05) is 18.9 Å². The number of nitrogens with one attached hydrogen (secondary N) is 1. The first-order valence-electron chi connectivity index (χ1n) is 7.50. The number of pyridine rings is 1. The summed E-state index contributed by atoms with van der Waals surface area (Å²) >= 11 is 0. The van der Waals surface area contributed by atoms with Crippen molar-refractivity contribution in [1.82, 2.24) is 19.5 Å². The van der Waals surface area contributed by atoms with Gasteiger partial charge in [0.05, 0.1) is 11.7 Å². The molecule has 1 aliphatic carbocycles. The zero-order valence-electron chi connectivity index (χ0n) is 12.6. The van der Waals surface area contributed by atoms with Gasteiger partial charge in [0, 0.05) is 25.1 Å². The largest absolute Gasteiger partial charge is 0.268 e. The average Bonchev–Trinajstić information content (AvgIpc) is 3.15. The van der Waals surface area contributed by atoms with Crippen molar-refractivity contribution in [2.24, 2.45) is 0 Å². The molecule has 0 unspecified atom stereocenters. The number of aryl methyl sites for hydroxylation is 1. The van der Waals surface area contributed by atoms with E-state index in [4.69, 9.17) is 0 Å². The number of sulfonamides is 1. The Bertz CT molecular complexity index is 734. The monoisotopic (exact) mass is 320 g/mol. The number of rotatable bonds is 5. The Morgan fingerprint density at radius 3 is 2.82 bits per heavy atom. The van der Waals surface area contributed by atoms with E-state index in [0.29, 0.717) is 11.7 Å². The minimum Gasteiger partial charge on any atom is -0.268 e. The van der Waals surface area contributed by atoms with Gasteiger partial charge in [0.2, 0.25) is 10.0 Å². The van der Waals surface area contributed by atoms with Crippen molar-refractivity contribution in [3.05, 3.63) is 42.0 Å². The van der Waals surface area contributed by atoms with Gasteiger partial charge < -0.3 is 0 Å². The van der Waals surface area contributed by atoms with Gasteiger partial charge in [0.1, 0.15) is 4.90 Å². The van der Waals surface area contributed by atoms with Crippen LogP contribution in [0.1, 0.15) is 43.0 Å². The molecule has 0 radical (unpaired) electrons. The van der Waals surface area contributed by atoms with Gasteiger partial charge in [-0.15, -0.1) is 0 Å². The predicted molar refractivity (Wildman–Crippen MR) is 82.7 cm³/mol. The summed E-state index contributed by atoms with van der Waals surface area (Å²) in [4.78, 5) is 4.25. The van der Waals surface area contributed by atoms with E-state index in [1.54, 1.807) is 31.6 Å². The highest BCUT2D eigenvalue weighted by Gasteiger charge is 2.24. The number of hydrogen-bond donors (Lipinski definition) is 1. The van der Waals surface area contributed by atoms with Crippen LogP contribution in [0.25, 0.3) is 0 Å². The highest BCUT2D eigenvalue weighted by atomic mass is 32.2. The summed E-state index contributed by atoms with van der Waals surface area (Å²) in [6.07, 6.45) is 9.49. The lowest BCUT2D eigenvalue weighted by Gasteiger charge is -2.08. The Labute approximate surface area is 130 Å². The van der Waals surface area contributed by atoms with Gasteiger partial charge in [-0.2, -0.15) is 5.10 Å². The second-order valence-electron chi connectivity index (χ2n) is 5.68. The van der Waals surface area contributed by atoms with Crippen LogP contribution in [0.3, 0.4) is 0 Å². The third-order valence-electron chi connectivity index (χ3n) is 4.05. The second kappa shape index (κ2) is 6.18. The first-order valence-corrected chi connectivity index (χ1v) is 8.99. The van der Waals surface area contributed by atoms with Gasteiger partial charge in [-0.25, -0.2) is 13.1 Å². The van der Waals surface area contributed by atoms with Crippen molar-refractivity contribution in [2.75, 3.05) is 0 Å². The van der Waals surface area contributed by atoms with Crippen molar-refractivity contribution in [2.45, 2.75) is 50.1 Å². The average molecular weight is 320 g/mol. The molecular weight excluding hydrogens is 300 g/mol. The van der Waals surface area contributed by atoms with Crippen molar-refractivity contribution in [1.29, 1.82) is 0 Å². The lowest BCUT2D eigenvalue weighted by molar-refractivity contribution is 0.464. The van der Waals surface area contributed by atoms with E-state index >= 15 is 0 Å². The minimum absolute atomic E-state index is 0.226. The van der Waals surface area contributed by atoms with E-state index in [9.17, 15) is 8.42 Å². The summed E-state index contributed by atoms with van der Waals surface area (Å²) in [7, 11) is -3.56. The van der Waals surface area contributed by atoms with Crippen molar-refractivity contribution in [3.63, 3.8) is 0 Å². The summed E-state index contributed by atoms with van der Waals surface area (Å²) in [6, 6.07) is 3.96. The standard InChI is InChI=1S/C15H20N4O2S/c1-12-15(11-19(18-12)14-6-2-3-7-14)22(20,21)17-10-13-5-4-8-16-9-13/h4-5,8-9,11,14,17H,2-3,6-7,10H2,1H3. The van der Waals surface area contributed by atoms with E-state index in [1.165, 1.54) is 12.8 Å². The Kier molecular flexibility index (Phi) is 4.26. The van der Waals surface area contributed by atoms with Gasteiger partial charge in [-0.3, -0.25) is 9.67 Å². The molecule has 1 fully saturated rings. The molecule has 1 aliphatic rings. The van der Waals surface area contributed by atoms with Crippen LogP contribution in [0.15, 0.2) is 35.6 Å². The topological polar surface area (TPSA) is 76.9 Å². The van der Waals surface area contributed by atoms with Crippen LogP contribution in [-0.4, -0.2) is 23.2 Å². The molecule has 6 nitrogen and oxygen atoms in total. The lowest BCUT2D eigenvalue weighted by atomic mass is 10.3. The lowest BCUT2D eigenvalue weighted by Crippen LogP contribution is -2.23. The van der Waals surface area contributed by atoms with Crippen LogP contribution in [-0.2, 0) is 16.6 Å². The molecule has 0 spiro atoms. The number of aromatic nitrogens is 3. The summed E-state index contributed by atoms with van der Waals surface area (Å²) in [5, 5.41) is 4.40. The molecule has 2 heterocycles. The third kappa shape index (κ3) is 3.20. The van der Waals surface area contributed by atoms with Crippen LogP contribution >= 0.6 is 0 Å². The van der Waals surface area contributed by atoms with E-state index in [0.717, 1.165) is 18.4 Å². The molecule has 7 heteroatoms. The molecule has 0 aromatic carbocycles. The van der Waals surface area contributed by atoms with Crippen molar-refractivity contribution in [3.8, 4) is 0 Å². The fourth-order valence-electron chi connectivity index (χ4n) is 2.84. The molecule has 0 amide bonds. The SMILES string of the molecule is Cc1nn(C2CCCC2)cc1S(=O)(=O)NCc1cccnc1. The predicted octanol–water partition coefficient (Wildman–Crippen LogP) is 2.18. The van der Waals surface area contributed by atoms with Crippen LogP contribution in [0.5, 0.6) is 0 Å². The van der Waals surface area contributed by atoms with E-state index < -0.39 is 10.0 Å². The first-order chi connectivity index (χ1) is 10.6. The van der Waals surface area contributed by atoms with E-state index in [1.807, 2.05) is 10.7 Å². The Morgan fingerprint density at radius 2 is 2.14 bits per heavy atom. The minimum atomic E-state index is -3.56. The smallest absolute Gasteiger partial charge is 0.244 e. The molecule has 0 bridgehead atoms. The molecule has 22 heavy (non-hydrogen) atoms. The summed E-state index contributed by atoms with van der Waals surface area (Å²) in [5.74, 6) is 0. The van der Waals surface area contributed by atoms with Crippen LogP contribution in [0.2, 0.25) is 0 Å². The van der Waals surface area contributed by atoms with Crippen molar-refractivity contribution >= 4 is 10.0 Å². The highest BCUT2D eigenvalue weighted by molar-refractivity contribution is 7.89.